The van der Waals surface area contributed by atoms with Crippen molar-refractivity contribution in [3.63, 3.8) is 0 Å². The summed E-state index contributed by atoms with van der Waals surface area (Å²) in [4.78, 5) is 23.7. The van der Waals surface area contributed by atoms with Crippen LogP contribution in [0.3, 0.4) is 0 Å². The zero-order chi connectivity index (χ0) is 25.8. The molecule has 190 valence electrons. The SMILES string of the molecule is CC(C)(C)CC(F)(C(O)OC(CC(=O)OCC(F)(F)F)C(=O)OCC(F)(F)F)C(C)(C)C. The molecule has 0 aliphatic heterocycles. The fourth-order valence-corrected chi connectivity index (χ4v) is 2.56. The lowest BCUT2D eigenvalue weighted by Gasteiger charge is -2.44. The summed E-state index contributed by atoms with van der Waals surface area (Å²) in [7, 11) is 0. The van der Waals surface area contributed by atoms with Crippen LogP contribution in [0.1, 0.15) is 54.4 Å². The molecule has 0 heterocycles. The van der Waals surface area contributed by atoms with Crippen molar-refractivity contribution in [2.24, 2.45) is 10.8 Å². The highest BCUT2D eigenvalue weighted by atomic mass is 19.4. The molecule has 1 N–H and O–H groups in total. The number of aliphatic hydroxyl groups is 1. The molecule has 13 heteroatoms. The predicted molar refractivity (Wildman–Crippen MR) is 96.9 cm³/mol. The molecule has 0 aromatic rings. The first-order chi connectivity index (χ1) is 14.0. The number of esters is 2. The van der Waals surface area contributed by atoms with Crippen LogP contribution in [0.25, 0.3) is 0 Å². The molecule has 6 nitrogen and oxygen atoms in total. The fourth-order valence-electron chi connectivity index (χ4n) is 2.56. The van der Waals surface area contributed by atoms with E-state index in [1.54, 1.807) is 20.8 Å². The monoisotopic (exact) mass is 486 g/mol. The van der Waals surface area contributed by atoms with Gasteiger partial charge in [-0.1, -0.05) is 41.5 Å². The lowest BCUT2D eigenvalue weighted by molar-refractivity contribution is -0.251. The average Bonchev–Trinajstić information content (AvgIpc) is 2.53. The average molecular weight is 486 g/mol. The summed E-state index contributed by atoms with van der Waals surface area (Å²) in [6, 6.07) is 0. The van der Waals surface area contributed by atoms with Crippen molar-refractivity contribution < 1.29 is 59.6 Å². The number of carbonyl (C=O) groups is 2. The number of halogens is 7. The molecule has 0 radical (unpaired) electrons. The fraction of sp³-hybridized carbons (Fsp3) is 0.895. The molecule has 3 unspecified atom stereocenters. The lowest BCUT2D eigenvalue weighted by atomic mass is 9.69. The summed E-state index contributed by atoms with van der Waals surface area (Å²) in [5, 5.41) is 10.4. The number of ether oxygens (including phenoxy) is 3. The van der Waals surface area contributed by atoms with E-state index in [0.29, 0.717) is 0 Å². The van der Waals surface area contributed by atoms with Crippen molar-refractivity contribution >= 4 is 11.9 Å². The van der Waals surface area contributed by atoms with Crippen molar-refractivity contribution in [2.45, 2.75) is 84.8 Å². The van der Waals surface area contributed by atoms with E-state index >= 15 is 4.39 Å². The number of rotatable bonds is 9. The third-order valence-electron chi connectivity index (χ3n) is 4.11. The normalized spacial score (nSPS) is 17.3. The summed E-state index contributed by atoms with van der Waals surface area (Å²) < 4.78 is 102. The van der Waals surface area contributed by atoms with Crippen LogP contribution < -0.4 is 0 Å². The Morgan fingerprint density at radius 1 is 0.812 bits per heavy atom. The Balaban J connectivity index is 5.72. The first kappa shape index (κ1) is 30.4. The minimum atomic E-state index is -4.96. The van der Waals surface area contributed by atoms with Crippen molar-refractivity contribution in [1.82, 2.24) is 0 Å². The second-order valence-electron chi connectivity index (χ2n) is 9.53. The molecule has 0 aromatic heterocycles. The van der Waals surface area contributed by atoms with Gasteiger partial charge in [-0.3, -0.25) is 4.79 Å². The van der Waals surface area contributed by atoms with Crippen molar-refractivity contribution in [3.8, 4) is 0 Å². The molecule has 32 heavy (non-hydrogen) atoms. The van der Waals surface area contributed by atoms with E-state index in [1.165, 1.54) is 20.8 Å². The molecule has 0 aromatic carbocycles. The van der Waals surface area contributed by atoms with Gasteiger partial charge in [-0.25, -0.2) is 9.18 Å². The van der Waals surface area contributed by atoms with Gasteiger partial charge < -0.3 is 19.3 Å². The van der Waals surface area contributed by atoms with E-state index in [1.807, 2.05) is 0 Å². The van der Waals surface area contributed by atoms with Crippen molar-refractivity contribution in [2.75, 3.05) is 13.2 Å². The molecule has 0 amide bonds. The third-order valence-corrected chi connectivity index (χ3v) is 4.11. The van der Waals surface area contributed by atoms with Crippen LogP contribution in [0, 0.1) is 10.8 Å². The zero-order valence-corrected chi connectivity index (χ0v) is 18.6. The molecule has 0 saturated carbocycles. The second-order valence-corrected chi connectivity index (χ2v) is 9.53. The second kappa shape index (κ2) is 10.5. The van der Waals surface area contributed by atoms with Gasteiger partial charge >= 0.3 is 24.3 Å². The molecule has 0 aliphatic carbocycles. The minimum Gasteiger partial charge on any atom is -0.456 e. The Bertz CT molecular complexity index is 634. The van der Waals surface area contributed by atoms with Crippen LogP contribution in [0.2, 0.25) is 0 Å². The first-order valence-electron chi connectivity index (χ1n) is 9.45. The number of hydrogen-bond donors (Lipinski definition) is 1. The molecular formula is C19H29F7O6. The van der Waals surface area contributed by atoms with Gasteiger partial charge in [0.05, 0.1) is 6.42 Å². The van der Waals surface area contributed by atoms with Crippen LogP contribution in [-0.4, -0.2) is 60.7 Å². The molecule has 3 atom stereocenters. The van der Waals surface area contributed by atoms with Crippen LogP contribution >= 0.6 is 0 Å². The van der Waals surface area contributed by atoms with Gasteiger partial charge in [-0.2, -0.15) is 26.3 Å². The lowest BCUT2D eigenvalue weighted by Crippen LogP contribution is -2.54. The van der Waals surface area contributed by atoms with Gasteiger partial charge in [0.15, 0.2) is 31.3 Å². The van der Waals surface area contributed by atoms with E-state index in [9.17, 15) is 41.0 Å². The van der Waals surface area contributed by atoms with Gasteiger partial charge in [0.1, 0.15) is 0 Å². The van der Waals surface area contributed by atoms with Gasteiger partial charge in [0.2, 0.25) is 0 Å². The van der Waals surface area contributed by atoms with Crippen molar-refractivity contribution in [3.05, 3.63) is 0 Å². The Morgan fingerprint density at radius 2 is 1.25 bits per heavy atom. The maximum atomic E-state index is 15.9. The Kier molecular flexibility index (Phi) is 10.00. The summed E-state index contributed by atoms with van der Waals surface area (Å²) in [5.41, 5.74) is -4.63. The smallest absolute Gasteiger partial charge is 0.422 e. The topological polar surface area (TPSA) is 82.1 Å². The zero-order valence-electron chi connectivity index (χ0n) is 18.6. The van der Waals surface area contributed by atoms with Crippen molar-refractivity contribution in [1.29, 1.82) is 0 Å². The van der Waals surface area contributed by atoms with E-state index in [-0.39, 0.29) is 6.42 Å². The quantitative estimate of drug-likeness (QED) is 0.294. The minimum absolute atomic E-state index is 0.340. The van der Waals surface area contributed by atoms with Gasteiger partial charge in [-0.05, 0) is 11.8 Å². The Labute approximate surface area is 181 Å². The van der Waals surface area contributed by atoms with E-state index in [0.717, 1.165) is 0 Å². The summed E-state index contributed by atoms with van der Waals surface area (Å²) in [5.74, 6) is -3.52. The van der Waals surface area contributed by atoms with Crippen LogP contribution in [0.15, 0.2) is 0 Å². The van der Waals surface area contributed by atoms with Gasteiger partial charge in [0.25, 0.3) is 0 Å². The summed E-state index contributed by atoms with van der Waals surface area (Å²) in [6.45, 7) is 4.93. The summed E-state index contributed by atoms with van der Waals surface area (Å²) >= 11 is 0. The van der Waals surface area contributed by atoms with Crippen LogP contribution in [0.4, 0.5) is 30.7 Å². The highest BCUT2D eigenvalue weighted by Crippen LogP contribution is 2.45. The Morgan fingerprint density at radius 3 is 1.62 bits per heavy atom. The van der Waals surface area contributed by atoms with Gasteiger partial charge in [-0.15, -0.1) is 0 Å². The molecule has 0 saturated heterocycles. The van der Waals surface area contributed by atoms with E-state index in [4.69, 9.17) is 4.74 Å². The number of aliphatic hydroxyl groups excluding tert-OH is 1. The molecular weight excluding hydrogens is 457 g/mol. The summed E-state index contributed by atoms with van der Waals surface area (Å²) in [6.07, 6.45) is -16.4. The largest absolute Gasteiger partial charge is 0.456 e. The highest BCUT2D eigenvalue weighted by Gasteiger charge is 2.52. The predicted octanol–water partition coefficient (Wildman–Crippen LogP) is 4.48. The third kappa shape index (κ3) is 11.3. The maximum Gasteiger partial charge on any atom is 0.422 e. The maximum absolute atomic E-state index is 15.9. The van der Waals surface area contributed by atoms with Gasteiger partial charge in [0, 0.05) is 5.41 Å². The van der Waals surface area contributed by atoms with E-state index in [2.05, 4.69) is 9.47 Å². The Hall–Kier alpha value is -1.63. The molecule has 0 bridgehead atoms. The first-order valence-corrected chi connectivity index (χ1v) is 9.45. The molecule has 0 spiro atoms. The number of hydrogen-bond acceptors (Lipinski definition) is 6. The highest BCUT2D eigenvalue weighted by molar-refractivity contribution is 5.81. The standard InChI is InChI=1S/C19H29F7O6/c1-15(2,3)8-17(20,16(4,5)6)14(29)32-11(13(28)31-10-19(24,25)26)7-12(27)30-9-18(21,22)23/h11,14,29H,7-10H2,1-6H3. The van der Waals surface area contributed by atoms with Crippen LogP contribution in [0.5, 0.6) is 0 Å². The number of alkyl halides is 7. The van der Waals surface area contributed by atoms with Crippen LogP contribution in [-0.2, 0) is 23.8 Å². The molecule has 0 aliphatic rings. The molecule has 0 fully saturated rings. The van der Waals surface area contributed by atoms with E-state index < -0.39 is 72.8 Å². The molecule has 0 rings (SSSR count). The number of carbonyl (C=O) groups excluding carboxylic acids is 2.